The summed E-state index contributed by atoms with van der Waals surface area (Å²) in [5.41, 5.74) is 25.1. The number of para-hydroxylation sites is 8. The van der Waals surface area contributed by atoms with Crippen molar-refractivity contribution in [3.8, 4) is 0 Å². The normalized spacial score (nSPS) is 11.1. The van der Waals surface area contributed by atoms with Crippen LogP contribution in [0.3, 0.4) is 0 Å². The third-order valence-corrected chi connectivity index (χ3v) is 22.5. The molecule has 8 N–H and O–H groups in total. The molecule has 0 spiro atoms. The van der Waals surface area contributed by atoms with E-state index in [1.54, 1.807) is 18.2 Å². The van der Waals surface area contributed by atoms with Crippen molar-refractivity contribution in [2.75, 3.05) is 57.8 Å². The number of nitrogen functional groups attached to an aromatic ring is 1. The highest BCUT2D eigenvalue weighted by Crippen LogP contribution is 2.40. The molecule has 570 valence electrons. The van der Waals surface area contributed by atoms with E-state index < -0.39 is 14.8 Å². The number of aliphatic hydroxyl groups is 2. The van der Waals surface area contributed by atoms with Gasteiger partial charge in [0.1, 0.15) is 0 Å². The van der Waals surface area contributed by atoms with Gasteiger partial charge in [0.2, 0.25) is 0 Å². The van der Waals surface area contributed by atoms with Gasteiger partial charge in [0.15, 0.2) is 15.5 Å². The summed E-state index contributed by atoms with van der Waals surface area (Å²) in [7, 11) is -3.08. The van der Waals surface area contributed by atoms with Crippen LogP contribution in [-0.2, 0) is 22.0 Å². The molecule has 18 aromatic rings. The van der Waals surface area contributed by atoms with Gasteiger partial charge in [-0.15, -0.1) is 0 Å². The van der Waals surface area contributed by atoms with Crippen LogP contribution in [0, 0.1) is 20.3 Å². The SMILES string of the molecule is Nc1ccc(Nc2c3ccccc3nc3ccccc23)cc1.O=S(=O)(CCCBr)Cc1ccc(Nc2c3ccccc3nc3ccccc23)cc1.OCCCc1ccc(Nc2c3ccccc3nc3ccccc23)cc1.OCCNc1c2ccccc2nc2ccccc12.[C-]#[N+]c1cc(I)c2nc3cc([N+](=O)[O-])ccc3c(Cl)c2c1. The number of halogens is 3. The highest BCUT2D eigenvalue weighted by atomic mass is 127. The molecule has 0 aliphatic carbocycles. The van der Waals surface area contributed by atoms with Crippen LogP contribution in [0.5, 0.6) is 0 Å². The zero-order valence-corrected chi connectivity index (χ0v) is 67.2. The van der Waals surface area contributed by atoms with Crippen LogP contribution in [0.15, 0.2) is 297 Å². The van der Waals surface area contributed by atoms with Crippen LogP contribution in [0.2, 0.25) is 5.02 Å². The second-order valence-corrected chi connectivity index (χ2v) is 31.4. The van der Waals surface area contributed by atoms with Crippen molar-refractivity contribution < 1.29 is 23.6 Å². The molecule has 13 aromatic carbocycles. The average molecular weight is 1730 g/mol. The maximum atomic E-state index is 12.2. The Morgan fingerprint density at radius 2 is 0.826 bits per heavy atom. The average Bonchev–Trinajstić information content (AvgIpc) is 0.708. The van der Waals surface area contributed by atoms with E-state index in [0.717, 1.165) is 155 Å². The summed E-state index contributed by atoms with van der Waals surface area (Å²) in [5.74, 6) is 0.272. The van der Waals surface area contributed by atoms with Gasteiger partial charge >= 0.3 is 0 Å². The minimum Gasteiger partial charge on any atom is -0.399 e. The second kappa shape index (κ2) is 37.0. The van der Waals surface area contributed by atoms with E-state index in [-0.39, 0.29) is 30.4 Å². The number of nitro groups is 1. The number of nitrogens with two attached hydrogens (primary N) is 1. The van der Waals surface area contributed by atoms with E-state index in [2.05, 4.69) is 147 Å². The maximum absolute atomic E-state index is 12.2. The molecule has 0 bridgehead atoms. The van der Waals surface area contributed by atoms with E-state index >= 15 is 0 Å². The number of nitro benzene ring substituents is 1. The standard InChI is InChI=1S/C23H21BrN2O2S.C22H20N2O.C19H15N3.C15H14N2O.C14H5ClIN3O2/c24-14-5-15-29(27,28)16-17-10-12-18(13-11-17)25-23-19-6-1-3-8-21(19)26-22-9-4-2-7-20(22)23;25-15-5-6-16-11-13-17(14-12-16)23-22-18-7-1-3-9-20(18)24-21-10-4-2-8-19(21)22;20-13-9-11-14(12-10-13)21-19-15-5-1-3-7-17(15)22-18-8-4-2-6-16(18)19;18-10-9-16-15-11-5-1-3-7-13(11)17-14-8-4-2-6-12(14)15;1-17-7-4-10-13(15)9-3-2-8(19(20)21)6-12(9)18-14(10)11(16)5-7/h1-4,6-13H,5,14-16H2,(H,25,26);1-4,7-14,25H,5-6,15H2,(H,23,24);1-12H,20H2,(H,21,22);1-8,18H,9-10H2,(H,16,17);2-6H. The third kappa shape index (κ3) is 18.9. The van der Waals surface area contributed by atoms with Crippen molar-refractivity contribution in [1.29, 1.82) is 0 Å². The molecule has 0 unspecified atom stereocenters. The summed E-state index contributed by atoms with van der Waals surface area (Å²) < 4.78 is 25.2. The van der Waals surface area contributed by atoms with Gasteiger partial charge in [0.25, 0.3) is 5.69 Å². The third-order valence-electron chi connectivity index (χ3n) is 19.1. The predicted octanol–water partition coefficient (Wildman–Crippen LogP) is 23.5. The number of aromatic nitrogens is 5. The van der Waals surface area contributed by atoms with Crippen molar-refractivity contribution in [2.24, 2.45) is 0 Å². The first-order valence-electron chi connectivity index (χ1n) is 37.0. The lowest BCUT2D eigenvalue weighted by molar-refractivity contribution is -0.384. The lowest BCUT2D eigenvalue weighted by Gasteiger charge is -2.14. The number of nitrogens with zero attached hydrogens (tertiary/aromatic N) is 7. The molecule has 5 aromatic heterocycles. The minimum atomic E-state index is -3.08. The number of benzene rings is 13. The molecule has 22 heteroatoms. The fourth-order valence-electron chi connectivity index (χ4n) is 13.6. The van der Waals surface area contributed by atoms with Crippen LogP contribution in [-0.4, -0.2) is 79.3 Å². The van der Waals surface area contributed by atoms with Gasteiger partial charge in [-0.2, -0.15) is 0 Å². The quantitative estimate of drug-likeness (QED) is 0.00801. The fourth-order valence-corrected chi connectivity index (χ4v) is 16.7. The molecule has 18 nitrogen and oxygen atoms in total. The van der Waals surface area contributed by atoms with Crippen molar-refractivity contribution in [2.45, 2.75) is 25.0 Å². The Labute approximate surface area is 690 Å². The number of nitrogens with one attached hydrogen (secondary N) is 4. The Kier molecular flexibility index (Phi) is 25.4. The van der Waals surface area contributed by atoms with Crippen LogP contribution >= 0.6 is 50.1 Å². The Bertz CT molecular complexity index is 6560. The second-order valence-electron chi connectivity index (χ2n) is 26.9. The first-order valence-corrected chi connectivity index (χ1v) is 41.4. The number of hydrogen-bond donors (Lipinski definition) is 7. The van der Waals surface area contributed by atoms with Crippen LogP contribution in [0.25, 0.3) is 114 Å². The molecule has 115 heavy (non-hydrogen) atoms. The van der Waals surface area contributed by atoms with Crippen LogP contribution < -0.4 is 27.0 Å². The molecular weight excluding hydrogens is 1660 g/mol. The van der Waals surface area contributed by atoms with Crippen molar-refractivity contribution in [3.05, 3.63) is 339 Å². The first-order chi connectivity index (χ1) is 56.1. The topological polar surface area (TPSA) is 261 Å². The summed E-state index contributed by atoms with van der Waals surface area (Å²) in [5, 5.41) is 53.9. The molecular formula is C93H75BrClIN12O6S. The van der Waals surface area contributed by atoms with Gasteiger partial charge in [0, 0.05) is 111 Å². The summed E-state index contributed by atoms with van der Waals surface area (Å²) in [6, 6.07) is 96.5. The predicted molar refractivity (Wildman–Crippen MR) is 487 cm³/mol. The molecule has 0 atom stereocenters. The van der Waals surface area contributed by atoms with Crippen molar-refractivity contribution in [3.63, 3.8) is 0 Å². The lowest BCUT2D eigenvalue weighted by Crippen LogP contribution is -2.09. The Morgan fingerprint density at radius 1 is 0.452 bits per heavy atom. The fraction of sp³-hybridized carbons (Fsp3) is 0.0968. The number of sulfone groups is 1. The molecule has 0 aliphatic heterocycles. The van der Waals surface area contributed by atoms with Crippen LogP contribution in [0.4, 0.5) is 56.9 Å². The van der Waals surface area contributed by atoms with Crippen molar-refractivity contribution >= 4 is 226 Å². The number of hydrogen-bond acceptors (Lipinski definition) is 16. The monoisotopic (exact) mass is 1730 g/mol. The number of pyridine rings is 5. The maximum Gasteiger partial charge on any atom is 0.271 e. The number of aryl methyl sites for hydroxylation is 1. The Hall–Kier alpha value is -12.5. The van der Waals surface area contributed by atoms with E-state index in [4.69, 9.17) is 49.1 Å². The van der Waals surface area contributed by atoms with E-state index in [1.807, 2.05) is 194 Å². The molecule has 5 heterocycles. The van der Waals surface area contributed by atoms with Gasteiger partial charge < -0.3 is 37.2 Å². The molecule has 0 aliphatic rings. The largest absolute Gasteiger partial charge is 0.399 e. The van der Waals surface area contributed by atoms with Gasteiger partial charge in [-0.1, -0.05) is 197 Å². The smallest absolute Gasteiger partial charge is 0.271 e. The Balaban J connectivity index is 0.000000120. The number of rotatable bonds is 18. The summed E-state index contributed by atoms with van der Waals surface area (Å²) in [6.45, 7) is 7.99. The number of anilines is 8. The lowest BCUT2D eigenvalue weighted by atomic mass is 10.1. The Morgan fingerprint density at radius 3 is 1.19 bits per heavy atom. The van der Waals surface area contributed by atoms with Gasteiger partial charge in [-0.05, 0) is 168 Å². The number of non-ortho nitro benzene ring substituents is 1. The highest BCUT2D eigenvalue weighted by molar-refractivity contribution is 14.1. The highest BCUT2D eigenvalue weighted by Gasteiger charge is 2.18. The zero-order chi connectivity index (χ0) is 79.8. The number of fused-ring (bicyclic) bond motifs is 10. The summed E-state index contributed by atoms with van der Waals surface area (Å²) in [4.78, 5) is 37.1. The molecule has 0 saturated heterocycles. The number of alkyl halides is 1. The van der Waals surface area contributed by atoms with E-state index in [0.29, 0.717) is 50.8 Å². The number of aliphatic hydroxyl groups excluding tert-OH is 2. The van der Waals surface area contributed by atoms with Crippen LogP contribution in [0.1, 0.15) is 24.0 Å². The summed E-state index contributed by atoms with van der Waals surface area (Å²) in [6.07, 6.45) is 2.33. The molecule has 0 radical (unpaired) electrons. The zero-order valence-electron chi connectivity index (χ0n) is 61.9. The van der Waals surface area contributed by atoms with Gasteiger partial charge in [-0.25, -0.2) is 38.2 Å². The van der Waals surface area contributed by atoms with Crippen molar-refractivity contribution in [1.82, 2.24) is 24.9 Å². The molecule has 0 fully saturated rings. The summed E-state index contributed by atoms with van der Waals surface area (Å²) >= 11 is 11.8. The molecule has 0 amide bonds. The van der Waals surface area contributed by atoms with Gasteiger partial charge in [0.05, 0.1) is 113 Å². The first kappa shape index (κ1) is 79.1. The molecule has 0 saturated carbocycles. The molecule has 18 rings (SSSR count). The minimum absolute atomic E-state index is 0.0294. The van der Waals surface area contributed by atoms with E-state index in [9.17, 15) is 18.5 Å². The van der Waals surface area contributed by atoms with Gasteiger partial charge in [-0.3, -0.25) is 10.1 Å². The van der Waals surface area contributed by atoms with E-state index in [1.165, 1.54) is 17.7 Å².